The zero-order valence-corrected chi connectivity index (χ0v) is 15.0. The molecular weight excluding hydrogens is 405 g/mol. The van der Waals surface area contributed by atoms with Crippen LogP contribution in [0.3, 0.4) is 0 Å². The van der Waals surface area contributed by atoms with Gasteiger partial charge < -0.3 is 5.11 Å². The van der Waals surface area contributed by atoms with Gasteiger partial charge in [0.25, 0.3) is 0 Å². The number of carbonyl (C=O) groups is 1. The number of allylic oxidation sites excluding steroid dienone is 2. The van der Waals surface area contributed by atoms with Crippen molar-refractivity contribution in [1.29, 1.82) is 0 Å². The number of benzene rings is 1. The summed E-state index contributed by atoms with van der Waals surface area (Å²) in [7, 11) is 0. The lowest BCUT2D eigenvalue weighted by Crippen LogP contribution is -2.19. The number of hydrogen-bond donors (Lipinski definition) is 1. The minimum atomic E-state index is -5.03. The molecule has 1 aliphatic rings. The van der Waals surface area contributed by atoms with Crippen molar-refractivity contribution in [2.75, 3.05) is 0 Å². The van der Waals surface area contributed by atoms with Crippen LogP contribution in [0, 0.1) is 46.9 Å². The fraction of sp³-hybridized carbons (Fsp3) is 0.471. The van der Waals surface area contributed by atoms with Crippen LogP contribution in [0.5, 0.6) is 0 Å². The molecule has 0 aromatic heterocycles. The molecule has 2 rings (SSSR count). The van der Waals surface area contributed by atoms with Gasteiger partial charge in [0.15, 0.2) is 23.3 Å². The van der Waals surface area contributed by atoms with Gasteiger partial charge >= 0.3 is 12.1 Å². The summed E-state index contributed by atoms with van der Waals surface area (Å²) in [6.07, 6.45) is -5.69. The number of carboxylic acids is 1. The molecule has 0 bridgehead atoms. The topological polar surface area (TPSA) is 37.3 Å². The van der Waals surface area contributed by atoms with Crippen molar-refractivity contribution in [2.45, 2.75) is 33.4 Å². The summed E-state index contributed by atoms with van der Waals surface area (Å²) in [6.45, 7) is 3.32. The smallest absolute Gasteiger partial charge is 0.426 e. The van der Waals surface area contributed by atoms with Crippen LogP contribution in [0.15, 0.2) is 11.1 Å². The van der Waals surface area contributed by atoms with E-state index in [1.54, 1.807) is 0 Å². The van der Waals surface area contributed by atoms with E-state index < -0.39 is 74.7 Å². The Bertz CT molecular complexity index is 816. The summed E-state index contributed by atoms with van der Waals surface area (Å²) >= 11 is 5.22. The first-order valence-corrected chi connectivity index (χ1v) is 7.97. The van der Waals surface area contributed by atoms with E-state index in [-0.39, 0.29) is 0 Å². The number of hydrogen-bond acceptors (Lipinski definition) is 1. The number of aliphatic carboxylic acids is 1. The molecule has 2 nitrogen and oxygen atoms in total. The normalized spacial score (nSPS) is 24.9. The van der Waals surface area contributed by atoms with E-state index in [1.807, 2.05) is 0 Å². The average Bonchev–Trinajstić information content (AvgIpc) is 3.01. The van der Waals surface area contributed by atoms with Crippen LogP contribution < -0.4 is 0 Å². The molecule has 1 N–H and O–H groups in total. The standard InChI is InChI=1S/C17H14ClF7O2/c1-6-9(19)11(21)7(12(22)10(6)20)4-16(5-8(18)17(23,24)25)13(14(26)27)15(16,2)3/h5,13H,4H2,1-3H3,(H,26,27)/b8-5-/t13?,16-/m1/s1. The van der Waals surface area contributed by atoms with Crippen LogP contribution in [0.1, 0.15) is 25.0 Å². The highest BCUT2D eigenvalue weighted by Crippen LogP contribution is 2.72. The van der Waals surface area contributed by atoms with Crippen molar-refractivity contribution >= 4 is 17.6 Å². The van der Waals surface area contributed by atoms with Gasteiger partial charge in [0.05, 0.1) is 5.92 Å². The molecule has 2 atom stereocenters. The Kier molecular flexibility index (Phi) is 5.10. The van der Waals surface area contributed by atoms with Crippen LogP contribution in [0.4, 0.5) is 30.7 Å². The van der Waals surface area contributed by atoms with E-state index in [9.17, 15) is 40.6 Å². The fourth-order valence-electron chi connectivity index (χ4n) is 3.61. The monoisotopic (exact) mass is 418 g/mol. The molecule has 1 fully saturated rings. The van der Waals surface area contributed by atoms with E-state index in [2.05, 4.69) is 0 Å². The molecule has 1 unspecified atom stereocenters. The maximum Gasteiger partial charge on any atom is 0.426 e. The molecule has 27 heavy (non-hydrogen) atoms. The lowest BCUT2D eigenvalue weighted by molar-refractivity contribution is -0.139. The number of alkyl halides is 3. The predicted octanol–water partition coefficient (Wildman–Crippen LogP) is 5.51. The Hall–Kier alpha value is -1.77. The number of rotatable bonds is 4. The first kappa shape index (κ1) is 21.5. The Balaban J connectivity index is 2.69. The van der Waals surface area contributed by atoms with E-state index >= 15 is 0 Å². The molecule has 0 saturated heterocycles. The Morgan fingerprint density at radius 3 is 1.89 bits per heavy atom. The van der Waals surface area contributed by atoms with Crippen molar-refractivity contribution in [3.8, 4) is 0 Å². The van der Waals surface area contributed by atoms with Gasteiger partial charge in [0.1, 0.15) is 5.03 Å². The lowest BCUT2D eigenvalue weighted by Gasteiger charge is -2.20. The molecule has 0 spiro atoms. The molecule has 0 heterocycles. The highest BCUT2D eigenvalue weighted by atomic mass is 35.5. The Morgan fingerprint density at radius 1 is 1.11 bits per heavy atom. The fourth-order valence-corrected chi connectivity index (χ4v) is 3.80. The molecule has 10 heteroatoms. The minimum Gasteiger partial charge on any atom is -0.481 e. The largest absolute Gasteiger partial charge is 0.481 e. The molecule has 150 valence electrons. The molecule has 0 radical (unpaired) electrons. The van der Waals surface area contributed by atoms with Gasteiger partial charge in [0.2, 0.25) is 0 Å². The highest BCUT2D eigenvalue weighted by Gasteiger charge is 2.73. The maximum absolute atomic E-state index is 14.2. The lowest BCUT2D eigenvalue weighted by atomic mass is 9.86. The summed E-state index contributed by atoms with van der Waals surface area (Å²) in [5.74, 6) is -10.0. The summed E-state index contributed by atoms with van der Waals surface area (Å²) in [5, 5.41) is 7.63. The molecule has 1 aromatic carbocycles. The van der Waals surface area contributed by atoms with E-state index in [4.69, 9.17) is 11.6 Å². The summed E-state index contributed by atoms with van der Waals surface area (Å²) in [4.78, 5) is 11.5. The molecule has 1 aliphatic carbocycles. The first-order chi connectivity index (χ1) is 12.1. The van der Waals surface area contributed by atoms with Crippen molar-refractivity contribution in [3.63, 3.8) is 0 Å². The van der Waals surface area contributed by atoms with Gasteiger partial charge in [-0.25, -0.2) is 17.6 Å². The molecular formula is C17H14ClF7O2. The average molecular weight is 419 g/mol. The Morgan fingerprint density at radius 2 is 1.56 bits per heavy atom. The minimum absolute atomic E-state index is 0.363. The second kappa shape index (κ2) is 6.39. The third-order valence-electron chi connectivity index (χ3n) is 5.30. The van der Waals surface area contributed by atoms with Crippen molar-refractivity contribution < 1.29 is 40.6 Å². The second-order valence-electron chi connectivity index (χ2n) is 7.06. The van der Waals surface area contributed by atoms with Crippen LogP contribution in [-0.4, -0.2) is 17.3 Å². The SMILES string of the molecule is Cc1c(F)c(F)c(C[C@@]2(/C=C(\Cl)C(F)(F)F)C(C(=O)O)C2(C)C)c(F)c1F. The van der Waals surface area contributed by atoms with Crippen LogP contribution >= 0.6 is 11.6 Å². The number of carboxylic acid groups (broad SMARTS) is 1. The number of halogens is 8. The third kappa shape index (κ3) is 3.19. The summed E-state index contributed by atoms with van der Waals surface area (Å²) < 4.78 is 94.6. The van der Waals surface area contributed by atoms with E-state index in [0.717, 1.165) is 6.92 Å². The quantitative estimate of drug-likeness (QED) is 0.517. The van der Waals surface area contributed by atoms with E-state index in [0.29, 0.717) is 6.08 Å². The van der Waals surface area contributed by atoms with Crippen LogP contribution in [0.25, 0.3) is 0 Å². The zero-order valence-electron chi connectivity index (χ0n) is 14.2. The van der Waals surface area contributed by atoms with Crippen molar-refractivity contribution in [2.24, 2.45) is 16.7 Å². The predicted molar refractivity (Wildman–Crippen MR) is 82.0 cm³/mol. The molecule has 0 aliphatic heterocycles. The van der Waals surface area contributed by atoms with Gasteiger partial charge in [-0.1, -0.05) is 31.5 Å². The van der Waals surface area contributed by atoms with Crippen LogP contribution in [-0.2, 0) is 11.2 Å². The van der Waals surface area contributed by atoms with E-state index in [1.165, 1.54) is 13.8 Å². The maximum atomic E-state index is 14.2. The zero-order chi connectivity index (χ0) is 21.1. The Labute approximate surface area is 154 Å². The van der Waals surface area contributed by atoms with Gasteiger partial charge in [-0.05, 0) is 18.8 Å². The van der Waals surface area contributed by atoms with Crippen molar-refractivity contribution in [3.05, 3.63) is 45.5 Å². The van der Waals surface area contributed by atoms with Crippen molar-refractivity contribution in [1.82, 2.24) is 0 Å². The van der Waals surface area contributed by atoms with Gasteiger partial charge in [-0.3, -0.25) is 4.79 Å². The molecule has 1 saturated carbocycles. The van der Waals surface area contributed by atoms with Gasteiger partial charge in [-0.15, -0.1) is 0 Å². The second-order valence-corrected chi connectivity index (χ2v) is 7.47. The third-order valence-corrected chi connectivity index (χ3v) is 5.62. The molecule has 0 amide bonds. The first-order valence-electron chi connectivity index (χ1n) is 7.59. The summed E-state index contributed by atoms with van der Waals surface area (Å²) in [5.41, 5.74) is -5.52. The summed E-state index contributed by atoms with van der Waals surface area (Å²) in [6, 6.07) is 0. The van der Waals surface area contributed by atoms with Gasteiger partial charge in [0, 0.05) is 16.5 Å². The highest BCUT2D eigenvalue weighted by molar-refractivity contribution is 6.30. The van der Waals surface area contributed by atoms with Crippen LogP contribution in [0.2, 0.25) is 0 Å². The van der Waals surface area contributed by atoms with Gasteiger partial charge in [-0.2, -0.15) is 13.2 Å². The molecule has 1 aromatic rings.